The molecule has 2 atom stereocenters. The SMILES string of the molecule is CC(C)[C@@H](NC(=O)c1cccs1)C(=O)N[C@@H](C)c1ccc(-n2ccnc2)cc1. The normalized spacial score (nSPS) is 13.1. The molecule has 0 saturated carbocycles. The maximum atomic E-state index is 12.8. The van der Waals surface area contributed by atoms with Crippen molar-refractivity contribution in [2.24, 2.45) is 5.92 Å². The van der Waals surface area contributed by atoms with Gasteiger partial charge in [0, 0.05) is 18.1 Å². The maximum Gasteiger partial charge on any atom is 0.262 e. The predicted octanol–water partition coefficient (Wildman–Crippen LogP) is 3.57. The van der Waals surface area contributed by atoms with Gasteiger partial charge in [-0.2, -0.15) is 0 Å². The molecule has 0 spiro atoms. The van der Waals surface area contributed by atoms with Gasteiger partial charge in [0.2, 0.25) is 5.91 Å². The highest BCUT2D eigenvalue weighted by Crippen LogP contribution is 2.17. The number of thiophene rings is 1. The molecule has 2 amide bonds. The van der Waals surface area contributed by atoms with Gasteiger partial charge in [-0.25, -0.2) is 4.98 Å². The van der Waals surface area contributed by atoms with Crippen LogP contribution in [0.1, 0.15) is 42.0 Å². The molecule has 0 unspecified atom stereocenters. The zero-order chi connectivity index (χ0) is 20.1. The van der Waals surface area contributed by atoms with E-state index in [0.717, 1.165) is 11.3 Å². The quantitative estimate of drug-likeness (QED) is 0.641. The van der Waals surface area contributed by atoms with Crippen LogP contribution in [0.3, 0.4) is 0 Å². The van der Waals surface area contributed by atoms with E-state index in [4.69, 9.17) is 0 Å². The first-order valence-electron chi connectivity index (χ1n) is 9.18. The van der Waals surface area contributed by atoms with Crippen molar-refractivity contribution in [3.05, 3.63) is 70.9 Å². The van der Waals surface area contributed by atoms with Gasteiger partial charge in [-0.05, 0) is 42.0 Å². The molecule has 28 heavy (non-hydrogen) atoms. The maximum absolute atomic E-state index is 12.8. The minimum absolute atomic E-state index is 0.0280. The van der Waals surface area contributed by atoms with Gasteiger partial charge in [0.1, 0.15) is 6.04 Å². The number of carbonyl (C=O) groups is 2. The average molecular weight is 397 g/mol. The molecule has 0 aliphatic heterocycles. The molecule has 0 aliphatic rings. The Morgan fingerprint density at radius 1 is 1.07 bits per heavy atom. The first-order chi connectivity index (χ1) is 13.5. The second-order valence-electron chi connectivity index (χ2n) is 6.96. The van der Waals surface area contributed by atoms with E-state index in [0.29, 0.717) is 4.88 Å². The Morgan fingerprint density at radius 2 is 1.82 bits per heavy atom. The van der Waals surface area contributed by atoms with Crippen molar-refractivity contribution in [1.82, 2.24) is 20.2 Å². The molecule has 3 aromatic rings. The van der Waals surface area contributed by atoms with E-state index in [-0.39, 0.29) is 23.8 Å². The van der Waals surface area contributed by atoms with Crippen molar-refractivity contribution >= 4 is 23.2 Å². The molecule has 0 radical (unpaired) electrons. The molecule has 146 valence electrons. The molecule has 3 rings (SSSR count). The fourth-order valence-electron chi connectivity index (χ4n) is 2.89. The third kappa shape index (κ3) is 4.67. The summed E-state index contributed by atoms with van der Waals surface area (Å²) >= 11 is 1.36. The number of amides is 2. The van der Waals surface area contributed by atoms with Gasteiger partial charge in [0.25, 0.3) is 5.91 Å². The first-order valence-corrected chi connectivity index (χ1v) is 10.1. The zero-order valence-corrected chi connectivity index (χ0v) is 16.9. The van der Waals surface area contributed by atoms with Crippen molar-refractivity contribution in [3.8, 4) is 5.69 Å². The van der Waals surface area contributed by atoms with Crippen LogP contribution in [-0.4, -0.2) is 27.4 Å². The van der Waals surface area contributed by atoms with Crippen molar-refractivity contribution in [2.45, 2.75) is 32.9 Å². The highest BCUT2D eigenvalue weighted by Gasteiger charge is 2.26. The minimum Gasteiger partial charge on any atom is -0.348 e. The highest BCUT2D eigenvalue weighted by atomic mass is 32.1. The zero-order valence-electron chi connectivity index (χ0n) is 16.1. The third-order valence-electron chi connectivity index (χ3n) is 4.54. The largest absolute Gasteiger partial charge is 0.348 e. The van der Waals surface area contributed by atoms with Gasteiger partial charge in [-0.3, -0.25) is 9.59 Å². The van der Waals surface area contributed by atoms with E-state index >= 15 is 0 Å². The van der Waals surface area contributed by atoms with Crippen molar-refractivity contribution < 1.29 is 9.59 Å². The lowest BCUT2D eigenvalue weighted by Crippen LogP contribution is -2.50. The van der Waals surface area contributed by atoms with Crippen molar-refractivity contribution in [3.63, 3.8) is 0 Å². The number of nitrogens with one attached hydrogen (secondary N) is 2. The summed E-state index contributed by atoms with van der Waals surface area (Å²) in [5.74, 6) is -0.438. The van der Waals surface area contributed by atoms with Crippen LogP contribution in [0.2, 0.25) is 0 Å². The summed E-state index contributed by atoms with van der Waals surface area (Å²) in [6, 6.07) is 10.7. The van der Waals surface area contributed by atoms with Crippen molar-refractivity contribution in [1.29, 1.82) is 0 Å². The van der Waals surface area contributed by atoms with Gasteiger partial charge in [0.05, 0.1) is 17.2 Å². The Bertz CT molecular complexity index is 903. The fraction of sp³-hybridized carbons (Fsp3) is 0.286. The van der Waals surface area contributed by atoms with Crippen LogP contribution >= 0.6 is 11.3 Å². The number of benzene rings is 1. The summed E-state index contributed by atoms with van der Waals surface area (Å²) in [6.45, 7) is 5.77. The highest BCUT2D eigenvalue weighted by molar-refractivity contribution is 7.12. The first kappa shape index (κ1) is 19.8. The summed E-state index contributed by atoms with van der Waals surface area (Å²) in [7, 11) is 0. The van der Waals surface area contributed by atoms with Crippen LogP contribution in [0.15, 0.2) is 60.5 Å². The molecule has 2 N–H and O–H groups in total. The molecule has 0 fully saturated rings. The molecule has 6 nitrogen and oxygen atoms in total. The molecule has 0 bridgehead atoms. The number of nitrogens with zero attached hydrogens (tertiary/aromatic N) is 2. The summed E-state index contributed by atoms with van der Waals surface area (Å²) in [4.78, 5) is 29.8. The molecule has 2 aromatic heterocycles. The van der Waals surface area contributed by atoms with Gasteiger partial charge >= 0.3 is 0 Å². The third-order valence-corrected chi connectivity index (χ3v) is 5.40. The second kappa shape index (κ2) is 8.84. The van der Waals surface area contributed by atoms with E-state index in [1.807, 2.05) is 67.2 Å². The minimum atomic E-state index is -0.595. The lowest BCUT2D eigenvalue weighted by atomic mass is 10.0. The standard InChI is InChI=1S/C21H24N4O2S/c1-14(2)19(24-20(26)18-5-4-12-28-18)21(27)23-15(3)16-6-8-17(9-7-16)25-11-10-22-13-25/h4-15,19H,1-3H3,(H,23,27)(H,24,26)/t15-,19+/m0/s1. The Labute approximate surface area is 168 Å². The molecule has 7 heteroatoms. The summed E-state index contributed by atoms with van der Waals surface area (Å²) < 4.78 is 1.92. The second-order valence-corrected chi connectivity index (χ2v) is 7.91. The van der Waals surface area contributed by atoms with Crippen LogP contribution in [0.25, 0.3) is 5.69 Å². The number of rotatable bonds is 7. The van der Waals surface area contributed by atoms with Crippen LogP contribution in [-0.2, 0) is 4.79 Å². The molecule has 2 heterocycles. The van der Waals surface area contributed by atoms with Gasteiger partial charge in [-0.1, -0.05) is 32.0 Å². The van der Waals surface area contributed by atoms with Crippen LogP contribution < -0.4 is 10.6 Å². The smallest absolute Gasteiger partial charge is 0.262 e. The predicted molar refractivity (Wildman–Crippen MR) is 111 cm³/mol. The number of hydrogen-bond donors (Lipinski definition) is 2. The Balaban J connectivity index is 1.64. The molecule has 0 aliphatic carbocycles. The molecular weight excluding hydrogens is 372 g/mol. The van der Waals surface area contributed by atoms with E-state index in [1.165, 1.54) is 11.3 Å². The van der Waals surface area contributed by atoms with E-state index < -0.39 is 6.04 Å². The molecular formula is C21H24N4O2S. The van der Waals surface area contributed by atoms with Crippen LogP contribution in [0, 0.1) is 5.92 Å². The number of imidazole rings is 1. The van der Waals surface area contributed by atoms with Gasteiger partial charge < -0.3 is 15.2 Å². The monoisotopic (exact) mass is 396 g/mol. The Hall–Kier alpha value is -2.93. The number of aromatic nitrogens is 2. The van der Waals surface area contributed by atoms with Gasteiger partial charge in [-0.15, -0.1) is 11.3 Å². The van der Waals surface area contributed by atoms with Crippen LogP contribution in [0.4, 0.5) is 0 Å². The fourth-order valence-corrected chi connectivity index (χ4v) is 3.52. The van der Waals surface area contributed by atoms with E-state index in [1.54, 1.807) is 18.6 Å². The van der Waals surface area contributed by atoms with Crippen molar-refractivity contribution in [2.75, 3.05) is 0 Å². The van der Waals surface area contributed by atoms with Crippen LogP contribution in [0.5, 0.6) is 0 Å². The lowest BCUT2D eigenvalue weighted by Gasteiger charge is -2.24. The Kier molecular flexibility index (Phi) is 6.26. The van der Waals surface area contributed by atoms with E-state index in [2.05, 4.69) is 15.6 Å². The lowest BCUT2D eigenvalue weighted by molar-refractivity contribution is -0.124. The average Bonchev–Trinajstić information content (AvgIpc) is 3.39. The topological polar surface area (TPSA) is 76.0 Å². The molecule has 1 aromatic carbocycles. The summed E-state index contributed by atoms with van der Waals surface area (Å²) in [6.07, 6.45) is 5.35. The Morgan fingerprint density at radius 3 is 2.39 bits per heavy atom. The van der Waals surface area contributed by atoms with E-state index in [9.17, 15) is 9.59 Å². The number of hydrogen-bond acceptors (Lipinski definition) is 4. The molecule has 0 saturated heterocycles. The summed E-state index contributed by atoms with van der Waals surface area (Å²) in [5, 5.41) is 7.71. The van der Waals surface area contributed by atoms with Gasteiger partial charge in [0.15, 0.2) is 0 Å². The number of carbonyl (C=O) groups excluding carboxylic acids is 2. The summed E-state index contributed by atoms with van der Waals surface area (Å²) in [5.41, 5.74) is 1.99.